The highest BCUT2D eigenvalue weighted by Gasteiger charge is 2.18. The molecule has 0 unspecified atom stereocenters. The molecule has 0 atom stereocenters. The molecule has 0 aromatic heterocycles. The summed E-state index contributed by atoms with van der Waals surface area (Å²) in [5.41, 5.74) is 11.6. The van der Waals surface area contributed by atoms with Crippen LogP contribution in [0.3, 0.4) is 0 Å². The number of nitrogens with zero attached hydrogens (tertiary/aromatic N) is 1. The third kappa shape index (κ3) is 4.83. The molecule has 0 radical (unpaired) electrons. The van der Waals surface area contributed by atoms with E-state index in [1.54, 1.807) is 23.9 Å². The molecule has 30 heavy (non-hydrogen) atoms. The van der Waals surface area contributed by atoms with Gasteiger partial charge in [0.15, 0.2) is 0 Å². The normalized spacial score (nSPS) is 12.9. The summed E-state index contributed by atoms with van der Waals surface area (Å²) in [6.45, 7) is 1.84. The van der Waals surface area contributed by atoms with Crippen LogP contribution >= 0.6 is 24.0 Å². The van der Waals surface area contributed by atoms with Crippen LogP contribution in [0.1, 0.15) is 27.0 Å². The molecule has 3 N–H and O–H groups in total. The number of hydrogen-bond donors (Lipinski definition) is 2. The number of thiocarbonyl (C=S) groups is 1. The third-order valence-electron chi connectivity index (χ3n) is 5.18. The lowest BCUT2D eigenvalue weighted by atomic mass is 10.0. The first-order valence-corrected chi connectivity index (χ1v) is 11.2. The number of rotatable bonds is 4. The molecule has 4 rings (SSSR count). The molecular formula is C24H23N3OS2. The van der Waals surface area contributed by atoms with E-state index in [-0.39, 0.29) is 5.91 Å². The SMILES string of the molecule is Nc1ccccc1NC(=O)c1ccc(CSC(=S)N2CCc3ccccc3C2)cc1. The fourth-order valence-corrected chi connectivity index (χ4v) is 4.60. The molecule has 0 saturated heterocycles. The number of nitrogen functional groups attached to an aromatic ring is 1. The minimum atomic E-state index is -0.172. The van der Waals surface area contributed by atoms with E-state index in [1.165, 1.54) is 11.1 Å². The maximum Gasteiger partial charge on any atom is 0.255 e. The molecule has 0 aliphatic carbocycles. The molecule has 1 aliphatic rings. The molecule has 3 aromatic carbocycles. The summed E-state index contributed by atoms with van der Waals surface area (Å²) >= 11 is 7.34. The number of carbonyl (C=O) groups excluding carboxylic acids is 1. The van der Waals surface area contributed by atoms with E-state index in [0.717, 1.165) is 35.1 Å². The van der Waals surface area contributed by atoms with Gasteiger partial charge >= 0.3 is 0 Å². The Balaban J connectivity index is 1.31. The molecule has 0 bridgehead atoms. The Labute approximate surface area is 186 Å². The summed E-state index contributed by atoms with van der Waals surface area (Å²) in [5, 5.41) is 2.85. The van der Waals surface area contributed by atoms with E-state index in [0.29, 0.717) is 16.9 Å². The van der Waals surface area contributed by atoms with Gasteiger partial charge in [-0.3, -0.25) is 4.79 Å². The quantitative estimate of drug-likeness (QED) is 0.443. The number of nitrogens with one attached hydrogen (secondary N) is 1. The van der Waals surface area contributed by atoms with Crippen LogP contribution in [0.25, 0.3) is 0 Å². The molecule has 0 saturated carbocycles. The van der Waals surface area contributed by atoms with Crippen molar-refractivity contribution >= 4 is 45.6 Å². The zero-order valence-electron chi connectivity index (χ0n) is 16.5. The smallest absolute Gasteiger partial charge is 0.255 e. The van der Waals surface area contributed by atoms with Crippen molar-refractivity contribution in [2.24, 2.45) is 0 Å². The molecule has 6 heteroatoms. The molecular weight excluding hydrogens is 410 g/mol. The first kappa shape index (κ1) is 20.4. The van der Waals surface area contributed by atoms with Crippen molar-refractivity contribution in [1.29, 1.82) is 0 Å². The predicted molar refractivity (Wildman–Crippen MR) is 130 cm³/mol. The summed E-state index contributed by atoms with van der Waals surface area (Å²) in [7, 11) is 0. The second-order valence-corrected chi connectivity index (χ2v) is 8.84. The minimum absolute atomic E-state index is 0.172. The monoisotopic (exact) mass is 433 g/mol. The second-order valence-electron chi connectivity index (χ2n) is 7.23. The highest BCUT2D eigenvalue weighted by Crippen LogP contribution is 2.24. The van der Waals surface area contributed by atoms with Crippen molar-refractivity contribution in [3.8, 4) is 0 Å². The number of nitrogens with two attached hydrogens (primary N) is 1. The van der Waals surface area contributed by atoms with Gasteiger partial charge in [-0.2, -0.15) is 0 Å². The van der Waals surface area contributed by atoms with E-state index in [1.807, 2.05) is 36.4 Å². The van der Waals surface area contributed by atoms with E-state index in [4.69, 9.17) is 18.0 Å². The highest BCUT2D eigenvalue weighted by molar-refractivity contribution is 8.22. The number of carbonyl (C=O) groups is 1. The Morgan fingerprint density at radius 3 is 2.47 bits per heavy atom. The van der Waals surface area contributed by atoms with Crippen LogP contribution < -0.4 is 11.1 Å². The van der Waals surface area contributed by atoms with E-state index < -0.39 is 0 Å². The van der Waals surface area contributed by atoms with Gasteiger partial charge in [0.25, 0.3) is 5.91 Å². The lowest BCUT2D eigenvalue weighted by molar-refractivity contribution is 0.102. The number of amides is 1. The lowest BCUT2D eigenvalue weighted by Crippen LogP contribution is -2.33. The van der Waals surface area contributed by atoms with Crippen LogP contribution in [-0.4, -0.2) is 21.7 Å². The first-order valence-electron chi connectivity index (χ1n) is 9.83. The van der Waals surface area contributed by atoms with Gasteiger partial charge in [-0.15, -0.1) is 0 Å². The van der Waals surface area contributed by atoms with Crippen LogP contribution in [-0.2, 0) is 18.7 Å². The minimum Gasteiger partial charge on any atom is -0.397 e. The third-order valence-corrected chi connectivity index (χ3v) is 6.77. The fraction of sp³-hybridized carbons (Fsp3) is 0.167. The topological polar surface area (TPSA) is 58.4 Å². The Morgan fingerprint density at radius 1 is 1.00 bits per heavy atom. The summed E-state index contributed by atoms with van der Waals surface area (Å²) < 4.78 is 0.922. The summed E-state index contributed by atoms with van der Waals surface area (Å²) in [6, 6.07) is 23.4. The van der Waals surface area contributed by atoms with Crippen molar-refractivity contribution in [3.63, 3.8) is 0 Å². The molecule has 0 fully saturated rings. The Kier molecular flexibility index (Phi) is 6.35. The van der Waals surface area contributed by atoms with Crippen LogP contribution in [0.5, 0.6) is 0 Å². The number of para-hydroxylation sites is 2. The van der Waals surface area contributed by atoms with Gasteiger partial charge < -0.3 is 16.0 Å². The molecule has 4 nitrogen and oxygen atoms in total. The molecule has 0 spiro atoms. The van der Waals surface area contributed by atoms with Crippen LogP contribution in [0.2, 0.25) is 0 Å². The zero-order chi connectivity index (χ0) is 20.9. The average Bonchev–Trinajstić information content (AvgIpc) is 2.79. The Morgan fingerprint density at radius 2 is 1.70 bits per heavy atom. The van der Waals surface area contributed by atoms with Crippen LogP contribution in [0.4, 0.5) is 11.4 Å². The van der Waals surface area contributed by atoms with Gasteiger partial charge in [-0.25, -0.2) is 0 Å². The fourth-order valence-electron chi connectivity index (χ4n) is 3.45. The van der Waals surface area contributed by atoms with Crippen LogP contribution in [0.15, 0.2) is 72.8 Å². The average molecular weight is 434 g/mol. The van der Waals surface area contributed by atoms with Gasteiger partial charge in [0, 0.05) is 24.4 Å². The van der Waals surface area contributed by atoms with Gasteiger partial charge in [-0.1, -0.05) is 72.5 Å². The standard InChI is InChI=1S/C24H23N3OS2/c25-21-7-3-4-8-22(21)26-23(28)19-11-9-17(10-12-19)16-30-24(29)27-14-13-18-5-1-2-6-20(18)15-27/h1-12H,13-16,25H2,(H,26,28). The molecule has 3 aromatic rings. The maximum absolute atomic E-state index is 12.5. The zero-order valence-corrected chi connectivity index (χ0v) is 18.1. The molecule has 1 heterocycles. The van der Waals surface area contributed by atoms with Crippen molar-refractivity contribution in [3.05, 3.63) is 95.1 Å². The predicted octanol–water partition coefficient (Wildman–Crippen LogP) is 5.10. The van der Waals surface area contributed by atoms with E-state index in [2.05, 4.69) is 34.5 Å². The first-order chi connectivity index (χ1) is 14.6. The molecule has 1 amide bonds. The largest absolute Gasteiger partial charge is 0.397 e. The van der Waals surface area contributed by atoms with E-state index in [9.17, 15) is 4.79 Å². The van der Waals surface area contributed by atoms with Crippen molar-refractivity contribution in [2.75, 3.05) is 17.6 Å². The Hall–Kier alpha value is -2.83. The Bertz CT molecular complexity index is 1070. The number of anilines is 2. The number of benzene rings is 3. The van der Waals surface area contributed by atoms with Gasteiger partial charge in [0.2, 0.25) is 0 Å². The van der Waals surface area contributed by atoms with Crippen molar-refractivity contribution in [1.82, 2.24) is 4.90 Å². The molecule has 152 valence electrons. The van der Waals surface area contributed by atoms with E-state index >= 15 is 0 Å². The maximum atomic E-state index is 12.5. The summed E-state index contributed by atoms with van der Waals surface area (Å²) in [4.78, 5) is 14.7. The molecule has 1 aliphatic heterocycles. The number of fused-ring (bicyclic) bond motifs is 1. The van der Waals surface area contributed by atoms with Gasteiger partial charge in [0.1, 0.15) is 4.32 Å². The van der Waals surface area contributed by atoms with Gasteiger partial charge in [0.05, 0.1) is 11.4 Å². The van der Waals surface area contributed by atoms with Crippen molar-refractivity contribution in [2.45, 2.75) is 18.7 Å². The highest BCUT2D eigenvalue weighted by atomic mass is 32.2. The van der Waals surface area contributed by atoms with Crippen LogP contribution in [0, 0.1) is 0 Å². The summed E-state index contributed by atoms with van der Waals surface area (Å²) in [5.74, 6) is 0.611. The number of hydrogen-bond acceptors (Lipinski definition) is 4. The second kappa shape index (κ2) is 9.32. The lowest BCUT2D eigenvalue weighted by Gasteiger charge is -2.30. The summed E-state index contributed by atoms with van der Waals surface area (Å²) in [6.07, 6.45) is 1.03. The number of thioether (sulfide) groups is 1. The van der Waals surface area contributed by atoms with Crippen molar-refractivity contribution < 1.29 is 4.79 Å². The van der Waals surface area contributed by atoms with Gasteiger partial charge in [-0.05, 0) is 47.4 Å².